The van der Waals surface area contributed by atoms with Gasteiger partial charge in [-0.15, -0.1) is 0 Å². The maximum atomic E-state index is 6.11. The van der Waals surface area contributed by atoms with Crippen LogP contribution in [0.4, 0.5) is 0 Å². The number of para-hydroxylation sites is 1. The van der Waals surface area contributed by atoms with Gasteiger partial charge >= 0.3 is 0 Å². The molecule has 0 radical (unpaired) electrons. The quantitative estimate of drug-likeness (QED) is 0.771. The number of hydrogen-bond donors (Lipinski definition) is 1. The molecule has 1 heterocycles. The summed E-state index contributed by atoms with van der Waals surface area (Å²) < 4.78 is 1.91. The third kappa shape index (κ3) is 1.53. The fourth-order valence-electron chi connectivity index (χ4n) is 2.01. The van der Waals surface area contributed by atoms with Gasteiger partial charge in [-0.3, -0.25) is 4.68 Å². The highest BCUT2D eigenvalue weighted by atomic mass is 15.3. The van der Waals surface area contributed by atoms with Crippen molar-refractivity contribution in [3.05, 3.63) is 29.5 Å². The van der Waals surface area contributed by atoms with Crippen molar-refractivity contribution in [2.75, 3.05) is 0 Å². The van der Waals surface area contributed by atoms with Crippen molar-refractivity contribution in [3.63, 3.8) is 0 Å². The third-order valence-corrected chi connectivity index (χ3v) is 2.68. The lowest BCUT2D eigenvalue weighted by Gasteiger charge is -2.15. The van der Waals surface area contributed by atoms with E-state index < -0.39 is 5.54 Å². The van der Waals surface area contributed by atoms with Crippen molar-refractivity contribution in [3.8, 4) is 0 Å². The summed E-state index contributed by atoms with van der Waals surface area (Å²) in [5.74, 6) is 0. The zero-order valence-corrected chi connectivity index (χ0v) is 9.70. The molecule has 0 bridgehead atoms. The standard InChI is InChI=1S/C12H17N3/c1-8-6-5-7-9-10(8)15(4)14-11(9)12(2,3)13/h5-7H,13H2,1-4H3. The van der Waals surface area contributed by atoms with Gasteiger partial charge in [0, 0.05) is 12.4 Å². The summed E-state index contributed by atoms with van der Waals surface area (Å²) in [6, 6.07) is 6.23. The van der Waals surface area contributed by atoms with E-state index >= 15 is 0 Å². The molecule has 3 heteroatoms. The number of nitrogens with zero attached hydrogens (tertiary/aromatic N) is 2. The van der Waals surface area contributed by atoms with Crippen LogP contribution >= 0.6 is 0 Å². The average molecular weight is 203 g/mol. The summed E-state index contributed by atoms with van der Waals surface area (Å²) in [5, 5.41) is 5.67. The lowest BCUT2D eigenvalue weighted by atomic mass is 9.98. The molecule has 1 aromatic heterocycles. The van der Waals surface area contributed by atoms with Crippen molar-refractivity contribution in [2.45, 2.75) is 26.3 Å². The Morgan fingerprint density at radius 3 is 2.60 bits per heavy atom. The summed E-state index contributed by atoms with van der Waals surface area (Å²) in [4.78, 5) is 0. The van der Waals surface area contributed by atoms with Gasteiger partial charge < -0.3 is 5.73 Å². The number of benzene rings is 1. The van der Waals surface area contributed by atoms with Crippen molar-refractivity contribution >= 4 is 10.9 Å². The Morgan fingerprint density at radius 2 is 2.00 bits per heavy atom. The minimum atomic E-state index is -0.396. The van der Waals surface area contributed by atoms with Crippen LogP contribution in [0.1, 0.15) is 25.1 Å². The van der Waals surface area contributed by atoms with E-state index in [1.165, 1.54) is 11.1 Å². The van der Waals surface area contributed by atoms with Crippen LogP contribution in [0.15, 0.2) is 18.2 Å². The Bertz CT molecular complexity index is 503. The lowest BCUT2D eigenvalue weighted by Crippen LogP contribution is -2.29. The maximum Gasteiger partial charge on any atom is 0.0896 e. The number of hydrogen-bond acceptors (Lipinski definition) is 2. The normalized spacial score (nSPS) is 12.3. The van der Waals surface area contributed by atoms with Gasteiger partial charge in [-0.05, 0) is 26.3 Å². The van der Waals surface area contributed by atoms with E-state index in [1.54, 1.807) is 0 Å². The molecule has 2 aromatic rings. The Hall–Kier alpha value is -1.35. The van der Waals surface area contributed by atoms with Crippen LogP contribution in [0.3, 0.4) is 0 Å². The van der Waals surface area contributed by atoms with E-state index in [1.807, 2.05) is 25.6 Å². The molecule has 2 N–H and O–H groups in total. The molecule has 3 nitrogen and oxygen atoms in total. The molecular formula is C12H17N3. The number of rotatable bonds is 1. The molecule has 0 aliphatic heterocycles. The minimum Gasteiger partial charge on any atom is -0.320 e. The largest absolute Gasteiger partial charge is 0.320 e. The summed E-state index contributed by atoms with van der Waals surface area (Å²) in [6.45, 7) is 6.06. The van der Waals surface area contributed by atoms with Gasteiger partial charge in [0.05, 0.1) is 16.7 Å². The Balaban J connectivity index is 2.85. The number of fused-ring (bicyclic) bond motifs is 1. The highest BCUT2D eigenvalue weighted by Gasteiger charge is 2.22. The highest BCUT2D eigenvalue weighted by Crippen LogP contribution is 2.27. The topological polar surface area (TPSA) is 43.8 Å². The molecular weight excluding hydrogens is 186 g/mol. The second-order valence-electron chi connectivity index (χ2n) is 4.66. The predicted octanol–water partition coefficient (Wildman–Crippen LogP) is 2.08. The molecule has 2 rings (SSSR count). The van der Waals surface area contributed by atoms with Crippen LogP contribution in [-0.4, -0.2) is 9.78 Å². The number of aromatic nitrogens is 2. The minimum absolute atomic E-state index is 0.396. The molecule has 0 saturated heterocycles. The van der Waals surface area contributed by atoms with E-state index in [-0.39, 0.29) is 0 Å². The van der Waals surface area contributed by atoms with Crippen LogP contribution in [0.2, 0.25) is 0 Å². The predicted molar refractivity (Wildman–Crippen MR) is 62.7 cm³/mol. The molecule has 1 aromatic carbocycles. The molecule has 0 saturated carbocycles. The fourth-order valence-corrected chi connectivity index (χ4v) is 2.01. The first-order valence-corrected chi connectivity index (χ1v) is 5.13. The van der Waals surface area contributed by atoms with Gasteiger partial charge in [0.25, 0.3) is 0 Å². The third-order valence-electron chi connectivity index (χ3n) is 2.68. The summed E-state index contributed by atoms with van der Waals surface area (Å²) >= 11 is 0. The summed E-state index contributed by atoms with van der Waals surface area (Å²) in [6.07, 6.45) is 0. The van der Waals surface area contributed by atoms with E-state index in [2.05, 4.69) is 30.2 Å². The maximum absolute atomic E-state index is 6.11. The van der Waals surface area contributed by atoms with Gasteiger partial charge in [0.2, 0.25) is 0 Å². The molecule has 80 valence electrons. The van der Waals surface area contributed by atoms with E-state index in [9.17, 15) is 0 Å². The van der Waals surface area contributed by atoms with E-state index in [0.29, 0.717) is 0 Å². The Labute approximate surface area is 89.9 Å². The Kier molecular flexibility index (Phi) is 2.08. The first kappa shape index (κ1) is 10.2. The average Bonchev–Trinajstić information content (AvgIpc) is 2.44. The van der Waals surface area contributed by atoms with Gasteiger partial charge in [-0.1, -0.05) is 18.2 Å². The highest BCUT2D eigenvalue weighted by molar-refractivity contribution is 5.85. The second kappa shape index (κ2) is 3.07. The van der Waals surface area contributed by atoms with Crippen LogP contribution in [-0.2, 0) is 12.6 Å². The van der Waals surface area contributed by atoms with Crippen molar-refractivity contribution < 1.29 is 0 Å². The monoisotopic (exact) mass is 203 g/mol. The SMILES string of the molecule is Cc1cccc2c(C(C)(C)N)nn(C)c12. The zero-order chi connectivity index (χ0) is 11.2. The molecule has 0 unspecified atom stereocenters. The van der Waals surface area contributed by atoms with Gasteiger partial charge in [-0.25, -0.2) is 0 Å². The molecule has 0 amide bonds. The van der Waals surface area contributed by atoms with Crippen LogP contribution in [0, 0.1) is 6.92 Å². The van der Waals surface area contributed by atoms with Crippen molar-refractivity contribution in [1.82, 2.24) is 9.78 Å². The molecule has 0 fully saturated rings. The van der Waals surface area contributed by atoms with Crippen molar-refractivity contribution in [2.24, 2.45) is 12.8 Å². The van der Waals surface area contributed by atoms with E-state index in [0.717, 1.165) is 11.1 Å². The van der Waals surface area contributed by atoms with Crippen molar-refractivity contribution in [1.29, 1.82) is 0 Å². The van der Waals surface area contributed by atoms with Crippen LogP contribution in [0.5, 0.6) is 0 Å². The molecule has 0 atom stereocenters. The van der Waals surface area contributed by atoms with Crippen LogP contribution < -0.4 is 5.73 Å². The van der Waals surface area contributed by atoms with Gasteiger partial charge in [0.15, 0.2) is 0 Å². The fraction of sp³-hybridized carbons (Fsp3) is 0.417. The van der Waals surface area contributed by atoms with Crippen LogP contribution in [0.25, 0.3) is 10.9 Å². The Morgan fingerprint density at radius 1 is 1.33 bits per heavy atom. The van der Waals surface area contributed by atoms with Gasteiger partial charge in [-0.2, -0.15) is 5.10 Å². The second-order valence-corrected chi connectivity index (χ2v) is 4.66. The molecule has 15 heavy (non-hydrogen) atoms. The molecule has 0 aliphatic carbocycles. The molecule has 0 aliphatic rings. The first-order chi connectivity index (χ1) is 6.91. The smallest absolute Gasteiger partial charge is 0.0896 e. The van der Waals surface area contributed by atoms with Gasteiger partial charge in [0.1, 0.15) is 0 Å². The zero-order valence-electron chi connectivity index (χ0n) is 9.70. The number of aryl methyl sites for hydroxylation is 2. The first-order valence-electron chi connectivity index (χ1n) is 5.13. The van der Waals surface area contributed by atoms with E-state index in [4.69, 9.17) is 5.73 Å². The number of nitrogens with two attached hydrogens (primary N) is 1. The molecule has 0 spiro atoms. The summed E-state index contributed by atoms with van der Waals surface area (Å²) in [5.41, 5.74) is 9.08. The summed E-state index contributed by atoms with van der Waals surface area (Å²) in [7, 11) is 1.96. The lowest BCUT2D eigenvalue weighted by molar-refractivity contribution is 0.527.